The fourth-order valence-electron chi connectivity index (χ4n) is 3.25. The van der Waals surface area contributed by atoms with E-state index in [0.717, 1.165) is 49.8 Å². The van der Waals surface area contributed by atoms with Crippen LogP contribution in [0.15, 0.2) is 36.7 Å². The Morgan fingerprint density at radius 2 is 2.14 bits per heavy atom. The van der Waals surface area contributed by atoms with Gasteiger partial charge in [0.2, 0.25) is 5.91 Å². The molecule has 2 heterocycles. The maximum Gasteiger partial charge on any atom is 0.234 e. The Balaban J connectivity index is 0.00000280. The molecule has 154 valence electrons. The Morgan fingerprint density at radius 3 is 2.82 bits per heavy atom. The summed E-state index contributed by atoms with van der Waals surface area (Å²) in [4.78, 5) is 19.1. The molecule has 0 spiro atoms. The van der Waals surface area contributed by atoms with Crippen molar-refractivity contribution in [3.63, 3.8) is 0 Å². The number of ether oxygens (including phenoxy) is 1. The van der Waals surface area contributed by atoms with Crippen molar-refractivity contribution in [1.82, 2.24) is 25.1 Å². The second-order valence-corrected chi connectivity index (χ2v) is 6.86. The molecule has 1 aromatic heterocycles. The number of halogens is 1. The number of hydrogen-bond donors (Lipinski definition) is 2. The maximum atomic E-state index is 12.5. The van der Waals surface area contributed by atoms with Crippen molar-refractivity contribution >= 4 is 18.3 Å². The number of benzene rings is 1. The van der Waals surface area contributed by atoms with Crippen LogP contribution in [0.5, 0.6) is 5.75 Å². The molecule has 8 heteroatoms. The first-order valence-electron chi connectivity index (χ1n) is 9.57. The largest absolute Gasteiger partial charge is 0.494 e. The maximum absolute atomic E-state index is 12.5. The highest BCUT2D eigenvalue weighted by Gasteiger charge is 2.28. The van der Waals surface area contributed by atoms with Crippen LogP contribution in [0.2, 0.25) is 0 Å². The third-order valence-corrected chi connectivity index (χ3v) is 4.74. The minimum Gasteiger partial charge on any atom is -0.494 e. The van der Waals surface area contributed by atoms with Crippen molar-refractivity contribution in [2.45, 2.75) is 25.9 Å². The van der Waals surface area contributed by atoms with Crippen LogP contribution in [-0.2, 0) is 18.4 Å². The first-order chi connectivity index (χ1) is 13.2. The Hall–Kier alpha value is -2.09. The van der Waals surface area contributed by atoms with Gasteiger partial charge in [-0.2, -0.15) is 0 Å². The van der Waals surface area contributed by atoms with E-state index in [9.17, 15) is 4.79 Å². The van der Waals surface area contributed by atoms with Gasteiger partial charge >= 0.3 is 0 Å². The van der Waals surface area contributed by atoms with Crippen LogP contribution in [0.3, 0.4) is 0 Å². The highest BCUT2D eigenvalue weighted by molar-refractivity contribution is 5.85. The molecule has 2 N–H and O–H groups in total. The van der Waals surface area contributed by atoms with Crippen molar-refractivity contribution in [3.05, 3.63) is 48.0 Å². The molecule has 1 unspecified atom stereocenters. The molecule has 7 nitrogen and oxygen atoms in total. The zero-order valence-corrected chi connectivity index (χ0v) is 17.4. The number of piperazine rings is 1. The topological polar surface area (TPSA) is 71.4 Å². The summed E-state index contributed by atoms with van der Waals surface area (Å²) in [5, 5.41) is 6.41. The predicted octanol–water partition coefficient (Wildman–Crippen LogP) is 1.89. The lowest BCUT2D eigenvalue weighted by Gasteiger charge is -2.35. The summed E-state index contributed by atoms with van der Waals surface area (Å²) in [6.45, 7) is 6.21. The molecule has 1 atom stereocenters. The van der Waals surface area contributed by atoms with Gasteiger partial charge in [0.1, 0.15) is 11.6 Å². The zero-order valence-electron chi connectivity index (χ0n) is 16.6. The number of aryl methyl sites for hydroxylation is 1. The molecule has 0 aliphatic carbocycles. The highest BCUT2D eigenvalue weighted by atomic mass is 35.5. The lowest BCUT2D eigenvalue weighted by Crippen LogP contribution is -2.50. The predicted molar refractivity (Wildman–Crippen MR) is 112 cm³/mol. The van der Waals surface area contributed by atoms with Crippen molar-refractivity contribution in [2.75, 3.05) is 32.8 Å². The summed E-state index contributed by atoms with van der Waals surface area (Å²) in [6.07, 6.45) is 4.73. The number of nitrogens with one attached hydrogen (secondary N) is 2. The Kier molecular flexibility index (Phi) is 8.76. The van der Waals surface area contributed by atoms with Gasteiger partial charge in [0.25, 0.3) is 0 Å². The van der Waals surface area contributed by atoms with E-state index in [1.165, 1.54) is 0 Å². The van der Waals surface area contributed by atoms with Gasteiger partial charge in [0.15, 0.2) is 0 Å². The van der Waals surface area contributed by atoms with E-state index in [-0.39, 0.29) is 24.4 Å². The summed E-state index contributed by atoms with van der Waals surface area (Å²) in [7, 11) is 1.99. The van der Waals surface area contributed by atoms with Crippen LogP contribution in [0.1, 0.15) is 30.8 Å². The molecule has 1 aromatic carbocycles. The first-order valence-corrected chi connectivity index (χ1v) is 9.57. The molecule has 1 amide bonds. The quantitative estimate of drug-likeness (QED) is 0.699. The molecule has 0 bridgehead atoms. The van der Waals surface area contributed by atoms with Gasteiger partial charge in [-0.3, -0.25) is 9.69 Å². The van der Waals surface area contributed by atoms with Crippen LogP contribution in [0, 0.1) is 0 Å². The second-order valence-electron chi connectivity index (χ2n) is 6.86. The number of imidazole rings is 1. The molecule has 3 rings (SSSR count). The lowest BCUT2D eigenvalue weighted by atomic mass is 10.1. The molecule has 0 saturated carbocycles. The van der Waals surface area contributed by atoms with E-state index in [2.05, 4.69) is 27.4 Å². The van der Waals surface area contributed by atoms with Crippen molar-refractivity contribution in [3.8, 4) is 5.75 Å². The van der Waals surface area contributed by atoms with E-state index >= 15 is 0 Å². The molecule has 1 saturated heterocycles. The fraction of sp³-hybridized carbons (Fsp3) is 0.500. The molecule has 1 aliphatic rings. The van der Waals surface area contributed by atoms with Crippen LogP contribution < -0.4 is 15.4 Å². The second kappa shape index (κ2) is 11.0. The summed E-state index contributed by atoms with van der Waals surface area (Å²) >= 11 is 0. The number of rotatable bonds is 8. The molecule has 0 radical (unpaired) electrons. The van der Waals surface area contributed by atoms with E-state index in [0.29, 0.717) is 13.1 Å². The van der Waals surface area contributed by atoms with Gasteiger partial charge in [-0.1, -0.05) is 19.1 Å². The van der Waals surface area contributed by atoms with Gasteiger partial charge in [0, 0.05) is 45.6 Å². The number of aromatic nitrogens is 2. The number of hydrogen-bond acceptors (Lipinski definition) is 5. The minimum atomic E-state index is 0. The third-order valence-electron chi connectivity index (χ3n) is 4.74. The average molecular weight is 408 g/mol. The number of carbonyl (C=O) groups is 1. The Labute approximate surface area is 172 Å². The van der Waals surface area contributed by atoms with E-state index in [1.807, 2.05) is 42.1 Å². The van der Waals surface area contributed by atoms with Crippen molar-refractivity contribution < 1.29 is 9.53 Å². The standard InChI is InChI=1S/C20H29N5O2.ClH/c1-3-12-27-17-6-4-16(5-7-17)13-23-19(26)15-25-11-8-21-14-18(25)20-22-9-10-24(20)2;/h4-7,9-10,18,21H,3,8,11-15H2,1-2H3,(H,23,26);1H. The van der Waals surface area contributed by atoms with E-state index in [1.54, 1.807) is 6.20 Å². The van der Waals surface area contributed by atoms with Crippen molar-refractivity contribution in [2.24, 2.45) is 7.05 Å². The van der Waals surface area contributed by atoms with Crippen LogP contribution in [0.4, 0.5) is 0 Å². The zero-order chi connectivity index (χ0) is 19.1. The van der Waals surface area contributed by atoms with Gasteiger partial charge in [-0.15, -0.1) is 12.4 Å². The van der Waals surface area contributed by atoms with E-state index < -0.39 is 0 Å². The first kappa shape index (κ1) is 22.2. The summed E-state index contributed by atoms with van der Waals surface area (Å²) in [6, 6.07) is 7.99. The van der Waals surface area contributed by atoms with E-state index in [4.69, 9.17) is 4.74 Å². The van der Waals surface area contributed by atoms with Gasteiger partial charge in [-0.05, 0) is 24.1 Å². The molecule has 1 fully saturated rings. The lowest BCUT2D eigenvalue weighted by molar-refractivity contribution is -0.123. The van der Waals surface area contributed by atoms with Crippen LogP contribution >= 0.6 is 12.4 Å². The molecule has 2 aromatic rings. The summed E-state index contributed by atoms with van der Waals surface area (Å²) in [5.74, 6) is 1.88. The molecule has 28 heavy (non-hydrogen) atoms. The molecule has 1 aliphatic heterocycles. The minimum absolute atomic E-state index is 0. The van der Waals surface area contributed by atoms with Gasteiger partial charge < -0.3 is 19.9 Å². The van der Waals surface area contributed by atoms with Crippen LogP contribution in [0.25, 0.3) is 0 Å². The third kappa shape index (κ3) is 5.95. The number of nitrogens with zero attached hydrogens (tertiary/aromatic N) is 3. The van der Waals surface area contributed by atoms with Crippen molar-refractivity contribution in [1.29, 1.82) is 0 Å². The smallest absolute Gasteiger partial charge is 0.234 e. The number of carbonyl (C=O) groups excluding carboxylic acids is 1. The monoisotopic (exact) mass is 407 g/mol. The Morgan fingerprint density at radius 1 is 1.36 bits per heavy atom. The Bertz CT molecular complexity index is 734. The molecular weight excluding hydrogens is 378 g/mol. The fourth-order valence-corrected chi connectivity index (χ4v) is 3.25. The summed E-state index contributed by atoms with van der Waals surface area (Å²) in [5.41, 5.74) is 1.06. The average Bonchev–Trinajstić information content (AvgIpc) is 3.12. The SMILES string of the molecule is CCCOc1ccc(CNC(=O)CN2CCNCC2c2nccn2C)cc1.Cl. The van der Waals surface area contributed by atoms with Crippen LogP contribution in [-0.4, -0.2) is 53.1 Å². The molecular formula is C20H30ClN5O2. The normalized spacial score (nSPS) is 17.0. The van der Waals surface area contributed by atoms with Gasteiger partial charge in [-0.25, -0.2) is 4.98 Å². The summed E-state index contributed by atoms with van der Waals surface area (Å²) < 4.78 is 7.60. The highest BCUT2D eigenvalue weighted by Crippen LogP contribution is 2.19. The number of amides is 1. The van der Waals surface area contributed by atoms with Gasteiger partial charge in [0.05, 0.1) is 19.2 Å².